The average molecular weight is 292 g/mol. The Labute approximate surface area is 128 Å². The van der Waals surface area contributed by atoms with Crippen LogP contribution < -0.4 is 10.2 Å². The summed E-state index contributed by atoms with van der Waals surface area (Å²) in [4.78, 5) is 2.35. The maximum absolute atomic E-state index is 14.0. The quantitative estimate of drug-likeness (QED) is 0.722. The van der Waals surface area contributed by atoms with Gasteiger partial charge in [0, 0.05) is 30.9 Å². The number of hydrogen-bond donors (Lipinski definition) is 1. The molecule has 21 heavy (non-hydrogen) atoms. The van der Waals surface area contributed by atoms with E-state index in [4.69, 9.17) is 0 Å². The van der Waals surface area contributed by atoms with Crippen LogP contribution in [0.3, 0.4) is 0 Å². The number of nitrogens with one attached hydrogen (secondary N) is 1. The van der Waals surface area contributed by atoms with Crippen LogP contribution in [0, 0.1) is 5.82 Å². The van der Waals surface area contributed by atoms with Crippen molar-refractivity contribution < 1.29 is 4.39 Å². The Balaban J connectivity index is 2.12. The highest BCUT2D eigenvalue weighted by atomic mass is 19.1. The van der Waals surface area contributed by atoms with E-state index in [0.29, 0.717) is 12.1 Å². The Morgan fingerprint density at radius 3 is 2.67 bits per heavy atom. The first-order valence-electron chi connectivity index (χ1n) is 8.43. The van der Waals surface area contributed by atoms with Gasteiger partial charge in [0.2, 0.25) is 0 Å². The van der Waals surface area contributed by atoms with Gasteiger partial charge in [-0.05, 0) is 56.4 Å². The summed E-state index contributed by atoms with van der Waals surface area (Å²) < 4.78 is 14.0. The zero-order valence-corrected chi connectivity index (χ0v) is 13.7. The zero-order chi connectivity index (χ0) is 15.2. The van der Waals surface area contributed by atoms with Crippen molar-refractivity contribution in [1.29, 1.82) is 0 Å². The summed E-state index contributed by atoms with van der Waals surface area (Å²) in [6, 6.07) is 6.60. The second-order valence-electron chi connectivity index (χ2n) is 6.28. The Kier molecular flexibility index (Phi) is 6.04. The first kappa shape index (κ1) is 16.3. The number of anilines is 1. The zero-order valence-electron chi connectivity index (χ0n) is 13.7. The normalized spacial score (nSPS) is 16.0. The molecule has 0 spiro atoms. The summed E-state index contributed by atoms with van der Waals surface area (Å²) in [6.45, 7) is 8.40. The van der Waals surface area contributed by atoms with E-state index in [9.17, 15) is 4.39 Å². The van der Waals surface area contributed by atoms with Gasteiger partial charge in [-0.2, -0.15) is 0 Å². The molecule has 1 fully saturated rings. The third kappa shape index (κ3) is 4.99. The molecule has 1 unspecified atom stereocenters. The van der Waals surface area contributed by atoms with E-state index in [1.165, 1.54) is 19.3 Å². The summed E-state index contributed by atoms with van der Waals surface area (Å²) >= 11 is 0. The number of hydrogen-bond acceptors (Lipinski definition) is 2. The first-order valence-corrected chi connectivity index (χ1v) is 8.43. The second kappa shape index (κ2) is 7.79. The van der Waals surface area contributed by atoms with Gasteiger partial charge in [0.15, 0.2) is 0 Å². The van der Waals surface area contributed by atoms with Crippen molar-refractivity contribution in [3.8, 4) is 0 Å². The molecule has 1 N–H and O–H groups in total. The largest absolute Gasteiger partial charge is 0.369 e. The highest BCUT2D eigenvalue weighted by Gasteiger charge is 2.20. The summed E-state index contributed by atoms with van der Waals surface area (Å²) in [5.74, 6) is -0.120. The molecule has 118 valence electrons. The third-order valence-electron chi connectivity index (χ3n) is 4.32. The van der Waals surface area contributed by atoms with E-state index in [1.54, 1.807) is 12.1 Å². The van der Waals surface area contributed by atoms with Gasteiger partial charge >= 0.3 is 0 Å². The van der Waals surface area contributed by atoms with Gasteiger partial charge in [0.05, 0.1) is 0 Å². The second-order valence-corrected chi connectivity index (χ2v) is 6.28. The van der Waals surface area contributed by atoms with Gasteiger partial charge in [0.1, 0.15) is 5.82 Å². The Bertz CT molecular complexity index is 443. The predicted molar refractivity (Wildman–Crippen MR) is 88.3 cm³/mol. The molecular formula is C18H29FN2. The van der Waals surface area contributed by atoms with Crippen molar-refractivity contribution in [3.05, 3.63) is 29.6 Å². The topological polar surface area (TPSA) is 15.3 Å². The molecule has 1 atom stereocenters. The van der Waals surface area contributed by atoms with E-state index < -0.39 is 0 Å². The Hall–Kier alpha value is -1.09. The van der Waals surface area contributed by atoms with Gasteiger partial charge in [0.25, 0.3) is 0 Å². The first-order chi connectivity index (χ1) is 10.1. The fourth-order valence-electron chi connectivity index (χ4n) is 2.60. The minimum Gasteiger partial charge on any atom is -0.369 e. The molecule has 3 heteroatoms. The van der Waals surface area contributed by atoms with Crippen molar-refractivity contribution >= 4 is 5.69 Å². The van der Waals surface area contributed by atoms with Crippen LogP contribution in [0.4, 0.5) is 10.1 Å². The number of rotatable bonds is 9. The van der Waals surface area contributed by atoms with Crippen molar-refractivity contribution in [2.24, 2.45) is 0 Å². The van der Waals surface area contributed by atoms with Crippen molar-refractivity contribution in [2.45, 2.75) is 71.5 Å². The van der Waals surface area contributed by atoms with Crippen LogP contribution in [0.15, 0.2) is 18.2 Å². The molecule has 2 nitrogen and oxygen atoms in total. The molecule has 2 rings (SSSR count). The average Bonchev–Trinajstić information content (AvgIpc) is 3.29. The minimum absolute atomic E-state index is 0.120. The maximum atomic E-state index is 14.0. The molecule has 1 aliphatic rings. The minimum atomic E-state index is -0.120. The molecule has 0 aromatic heterocycles. The molecule has 0 radical (unpaired) electrons. The number of benzene rings is 1. The smallest absolute Gasteiger partial charge is 0.125 e. The van der Waals surface area contributed by atoms with Crippen LogP contribution >= 0.6 is 0 Å². The third-order valence-corrected chi connectivity index (χ3v) is 4.32. The molecule has 0 saturated heterocycles. The SMILES string of the molecule is CCCCN(c1cc(F)cc(CNC2CC2)c1)C(C)CC. The van der Waals surface area contributed by atoms with Gasteiger partial charge in [-0.3, -0.25) is 0 Å². The van der Waals surface area contributed by atoms with Gasteiger partial charge < -0.3 is 10.2 Å². The van der Waals surface area contributed by atoms with Gasteiger partial charge in [-0.1, -0.05) is 20.3 Å². The summed E-state index contributed by atoms with van der Waals surface area (Å²) in [5.41, 5.74) is 2.09. The molecule has 0 heterocycles. The number of halogens is 1. The van der Waals surface area contributed by atoms with Crippen molar-refractivity contribution in [3.63, 3.8) is 0 Å². The number of nitrogens with zero attached hydrogens (tertiary/aromatic N) is 1. The van der Waals surface area contributed by atoms with E-state index in [2.05, 4.69) is 37.1 Å². The van der Waals surface area contributed by atoms with Crippen LogP contribution in [0.5, 0.6) is 0 Å². The lowest BCUT2D eigenvalue weighted by molar-refractivity contribution is 0.586. The summed E-state index contributed by atoms with van der Waals surface area (Å²) in [7, 11) is 0. The predicted octanol–water partition coefficient (Wildman–Crippen LogP) is 4.48. The molecule has 0 aliphatic heterocycles. The monoisotopic (exact) mass is 292 g/mol. The summed E-state index contributed by atoms with van der Waals surface area (Å²) in [6.07, 6.45) is 5.92. The standard InChI is InChI=1S/C18H29FN2/c1-4-6-9-21(14(3)5-2)18-11-15(10-16(19)12-18)13-20-17-7-8-17/h10-12,14,17,20H,4-9,13H2,1-3H3. The highest BCUT2D eigenvalue weighted by molar-refractivity contribution is 5.50. The summed E-state index contributed by atoms with van der Waals surface area (Å²) in [5, 5.41) is 3.47. The van der Waals surface area contributed by atoms with E-state index in [1.807, 2.05) is 0 Å². The number of unbranched alkanes of at least 4 members (excludes halogenated alkanes) is 1. The fraction of sp³-hybridized carbons (Fsp3) is 0.667. The molecule has 1 aliphatic carbocycles. The van der Waals surface area contributed by atoms with E-state index >= 15 is 0 Å². The lowest BCUT2D eigenvalue weighted by atomic mass is 10.1. The fourth-order valence-corrected chi connectivity index (χ4v) is 2.60. The van der Waals surface area contributed by atoms with Crippen molar-refractivity contribution in [1.82, 2.24) is 5.32 Å². The van der Waals surface area contributed by atoms with Crippen molar-refractivity contribution in [2.75, 3.05) is 11.4 Å². The lowest BCUT2D eigenvalue weighted by Gasteiger charge is -2.31. The highest BCUT2D eigenvalue weighted by Crippen LogP contribution is 2.24. The van der Waals surface area contributed by atoms with Crippen LogP contribution in [0.2, 0.25) is 0 Å². The lowest BCUT2D eigenvalue weighted by Crippen LogP contribution is -2.33. The molecule has 1 saturated carbocycles. The van der Waals surface area contributed by atoms with Crippen LogP contribution in [-0.4, -0.2) is 18.6 Å². The Morgan fingerprint density at radius 1 is 1.29 bits per heavy atom. The van der Waals surface area contributed by atoms with Gasteiger partial charge in [-0.25, -0.2) is 4.39 Å². The molecular weight excluding hydrogens is 263 g/mol. The van der Waals surface area contributed by atoms with Crippen LogP contribution in [0.25, 0.3) is 0 Å². The van der Waals surface area contributed by atoms with E-state index in [-0.39, 0.29) is 5.82 Å². The van der Waals surface area contributed by atoms with Crippen LogP contribution in [0.1, 0.15) is 58.4 Å². The van der Waals surface area contributed by atoms with Crippen LogP contribution in [-0.2, 0) is 6.54 Å². The maximum Gasteiger partial charge on any atom is 0.125 e. The molecule has 0 bridgehead atoms. The van der Waals surface area contributed by atoms with E-state index in [0.717, 1.165) is 37.2 Å². The van der Waals surface area contributed by atoms with Gasteiger partial charge in [-0.15, -0.1) is 0 Å². The molecule has 1 aromatic carbocycles. The molecule has 1 aromatic rings. The molecule has 0 amide bonds. The Morgan fingerprint density at radius 2 is 2.05 bits per heavy atom.